The van der Waals surface area contributed by atoms with Crippen LogP contribution in [0.25, 0.3) is 0 Å². The van der Waals surface area contributed by atoms with Gasteiger partial charge in [0.05, 0.1) is 15.6 Å². The maximum Gasteiger partial charge on any atom is 0.353 e. The van der Waals surface area contributed by atoms with E-state index >= 15 is 0 Å². The molecule has 0 atom stereocenters. The minimum atomic E-state index is -0.541. The fraction of sp³-hybridized carbons (Fsp3) is 0.111. The Hall–Kier alpha value is -3.59. The molecule has 0 amide bonds. The molecule has 0 fully saturated rings. The highest BCUT2D eigenvalue weighted by Crippen LogP contribution is 2.35. The highest BCUT2D eigenvalue weighted by molar-refractivity contribution is 6.33. The van der Waals surface area contributed by atoms with E-state index in [-0.39, 0.29) is 24.1 Å². The molecule has 4 rings (SSSR count). The van der Waals surface area contributed by atoms with Crippen molar-refractivity contribution in [3.8, 4) is 11.5 Å². The Morgan fingerprint density at radius 3 is 2.71 bits per heavy atom. The number of nitrogens with zero attached hydrogens (tertiary/aromatic N) is 3. The van der Waals surface area contributed by atoms with Gasteiger partial charge in [-0.15, -0.1) is 0 Å². The zero-order valence-electron chi connectivity index (χ0n) is 14.4. The Morgan fingerprint density at radius 1 is 1.11 bits per heavy atom. The van der Waals surface area contributed by atoms with Crippen LogP contribution in [0.2, 0.25) is 5.02 Å². The van der Waals surface area contributed by atoms with Crippen molar-refractivity contribution in [3.05, 3.63) is 69.5 Å². The molecule has 1 aliphatic heterocycles. The molecule has 0 bridgehead atoms. The van der Waals surface area contributed by atoms with Crippen LogP contribution in [-0.4, -0.2) is 21.7 Å². The third-order valence-electron chi connectivity index (χ3n) is 4.03. The molecular formula is C18H14ClN5O4. The molecule has 28 heavy (non-hydrogen) atoms. The Balaban J connectivity index is 1.58. The lowest BCUT2D eigenvalue weighted by Gasteiger charge is -2.11. The van der Waals surface area contributed by atoms with Gasteiger partial charge >= 0.3 is 5.69 Å². The maximum absolute atomic E-state index is 11.7. The summed E-state index contributed by atoms with van der Waals surface area (Å²) in [4.78, 5) is 19.1. The van der Waals surface area contributed by atoms with Crippen LogP contribution in [0.5, 0.6) is 11.5 Å². The van der Waals surface area contributed by atoms with E-state index in [2.05, 4.69) is 20.6 Å². The predicted octanol–water partition coefficient (Wildman–Crippen LogP) is 4.12. The molecule has 0 saturated carbocycles. The smallest absolute Gasteiger partial charge is 0.353 e. The second-order valence-corrected chi connectivity index (χ2v) is 6.23. The van der Waals surface area contributed by atoms with Crippen molar-refractivity contribution in [1.29, 1.82) is 0 Å². The molecule has 142 valence electrons. The molecule has 1 aromatic heterocycles. The first kappa shape index (κ1) is 17.8. The summed E-state index contributed by atoms with van der Waals surface area (Å²) in [5.41, 5.74) is 1.09. The number of para-hydroxylation sites is 1. The van der Waals surface area contributed by atoms with Crippen molar-refractivity contribution in [1.82, 2.24) is 9.97 Å². The van der Waals surface area contributed by atoms with Gasteiger partial charge in [0.1, 0.15) is 6.33 Å². The quantitative estimate of drug-likeness (QED) is 0.470. The van der Waals surface area contributed by atoms with E-state index in [1.807, 2.05) is 12.1 Å². The molecule has 10 heteroatoms. The second-order valence-electron chi connectivity index (χ2n) is 5.82. The largest absolute Gasteiger partial charge is 0.454 e. The third-order valence-corrected chi connectivity index (χ3v) is 4.36. The van der Waals surface area contributed by atoms with E-state index in [1.54, 1.807) is 30.3 Å². The minimum absolute atomic E-state index is 0.0429. The van der Waals surface area contributed by atoms with E-state index in [0.29, 0.717) is 28.8 Å². The van der Waals surface area contributed by atoms with E-state index in [1.165, 1.54) is 6.33 Å². The van der Waals surface area contributed by atoms with Crippen molar-refractivity contribution in [3.63, 3.8) is 0 Å². The van der Waals surface area contributed by atoms with Crippen LogP contribution in [0.15, 0.2) is 48.8 Å². The van der Waals surface area contributed by atoms with Gasteiger partial charge in [0.25, 0.3) is 0 Å². The van der Waals surface area contributed by atoms with Gasteiger partial charge in [-0.05, 0) is 29.8 Å². The summed E-state index contributed by atoms with van der Waals surface area (Å²) in [6.07, 6.45) is 1.24. The summed E-state index contributed by atoms with van der Waals surface area (Å²) in [7, 11) is 0. The molecular weight excluding hydrogens is 386 g/mol. The molecule has 0 saturated heterocycles. The van der Waals surface area contributed by atoms with Crippen molar-refractivity contribution >= 4 is 34.6 Å². The van der Waals surface area contributed by atoms with Gasteiger partial charge in [0.2, 0.25) is 18.4 Å². The summed E-state index contributed by atoms with van der Waals surface area (Å²) in [6.45, 7) is 0.487. The average molecular weight is 400 g/mol. The number of halogens is 1. The third kappa shape index (κ3) is 3.60. The number of ether oxygens (including phenoxy) is 2. The van der Waals surface area contributed by atoms with E-state index < -0.39 is 4.92 Å². The van der Waals surface area contributed by atoms with Gasteiger partial charge in [0.15, 0.2) is 11.5 Å². The molecule has 0 spiro atoms. The van der Waals surface area contributed by atoms with Crippen molar-refractivity contribution in [2.75, 3.05) is 17.4 Å². The monoisotopic (exact) mass is 399 g/mol. The molecule has 0 aliphatic carbocycles. The Morgan fingerprint density at radius 2 is 1.89 bits per heavy atom. The molecule has 9 nitrogen and oxygen atoms in total. The Labute approximate surface area is 164 Å². The van der Waals surface area contributed by atoms with Crippen LogP contribution in [-0.2, 0) is 6.54 Å². The molecule has 2 heterocycles. The number of benzene rings is 2. The second kappa shape index (κ2) is 7.57. The Bertz CT molecular complexity index is 1050. The lowest BCUT2D eigenvalue weighted by atomic mass is 10.2. The summed E-state index contributed by atoms with van der Waals surface area (Å²) >= 11 is 6.12. The number of aromatic nitrogens is 2. The highest BCUT2D eigenvalue weighted by atomic mass is 35.5. The number of fused-ring (bicyclic) bond motifs is 1. The van der Waals surface area contributed by atoms with Gasteiger partial charge in [-0.3, -0.25) is 10.1 Å². The van der Waals surface area contributed by atoms with Crippen LogP contribution in [0.1, 0.15) is 5.56 Å². The SMILES string of the molecule is O=[N+]([O-])c1c(NCc2ccc3c(c2)OCO3)ncnc1Nc1ccccc1Cl. The standard InChI is InChI=1S/C18H14ClN5O4/c19-12-3-1-2-4-13(12)23-18-16(24(25)26)17(21-9-22-18)20-8-11-5-6-14-15(7-11)28-10-27-14/h1-7,9H,8,10H2,(H2,20,21,22,23). The molecule has 2 N–H and O–H groups in total. The summed E-state index contributed by atoms with van der Waals surface area (Å²) in [6, 6.07) is 12.4. The number of rotatable bonds is 6. The van der Waals surface area contributed by atoms with E-state index in [4.69, 9.17) is 21.1 Å². The number of hydrogen-bond acceptors (Lipinski definition) is 8. The van der Waals surface area contributed by atoms with Crippen molar-refractivity contribution < 1.29 is 14.4 Å². The fourth-order valence-corrected chi connectivity index (χ4v) is 2.88. The van der Waals surface area contributed by atoms with Gasteiger partial charge in [0, 0.05) is 6.54 Å². The molecule has 3 aromatic rings. The van der Waals surface area contributed by atoms with Gasteiger partial charge < -0.3 is 20.1 Å². The molecule has 1 aliphatic rings. The average Bonchev–Trinajstić information content (AvgIpc) is 3.16. The van der Waals surface area contributed by atoms with Crippen molar-refractivity contribution in [2.24, 2.45) is 0 Å². The first-order valence-corrected chi connectivity index (χ1v) is 8.63. The first-order valence-electron chi connectivity index (χ1n) is 8.25. The van der Waals surface area contributed by atoms with Crippen LogP contribution in [0.3, 0.4) is 0 Å². The van der Waals surface area contributed by atoms with Crippen molar-refractivity contribution in [2.45, 2.75) is 6.54 Å². The van der Waals surface area contributed by atoms with Crippen LogP contribution in [0, 0.1) is 10.1 Å². The molecule has 0 radical (unpaired) electrons. The summed E-state index contributed by atoms with van der Waals surface area (Å²) < 4.78 is 10.6. The number of nitro groups is 1. The van der Waals surface area contributed by atoms with Crippen LogP contribution >= 0.6 is 11.6 Å². The lowest BCUT2D eigenvalue weighted by Crippen LogP contribution is -2.08. The van der Waals surface area contributed by atoms with Gasteiger partial charge in [-0.2, -0.15) is 0 Å². The highest BCUT2D eigenvalue weighted by Gasteiger charge is 2.23. The minimum Gasteiger partial charge on any atom is -0.454 e. The van der Waals surface area contributed by atoms with Crippen LogP contribution in [0.4, 0.5) is 23.0 Å². The number of hydrogen-bond donors (Lipinski definition) is 2. The normalized spacial score (nSPS) is 11.9. The Kier molecular flexibility index (Phi) is 4.81. The van der Waals surface area contributed by atoms with Gasteiger partial charge in [-0.1, -0.05) is 29.8 Å². The van der Waals surface area contributed by atoms with Gasteiger partial charge in [-0.25, -0.2) is 9.97 Å². The predicted molar refractivity (Wildman–Crippen MR) is 103 cm³/mol. The topological polar surface area (TPSA) is 111 Å². The first-order chi connectivity index (χ1) is 13.6. The van der Waals surface area contributed by atoms with E-state index in [0.717, 1.165) is 5.56 Å². The molecule has 2 aromatic carbocycles. The molecule has 0 unspecified atom stereocenters. The lowest BCUT2D eigenvalue weighted by molar-refractivity contribution is -0.383. The zero-order chi connectivity index (χ0) is 19.5. The summed E-state index contributed by atoms with van der Waals surface area (Å²) in [5.74, 6) is 1.44. The zero-order valence-corrected chi connectivity index (χ0v) is 15.1. The van der Waals surface area contributed by atoms with Crippen LogP contribution < -0.4 is 20.1 Å². The fourth-order valence-electron chi connectivity index (χ4n) is 2.70. The maximum atomic E-state index is 11.7. The number of anilines is 3. The number of nitrogens with one attached hydrogen (secondary N) is 2. The van der Waals surface area contributed by atoms with E-state index in [9.17, 15) is 10.1 Å². The summed E-state index contributed by atoms with van der Waals surface area (Å²) in [5, 5.41) is 18.0.